The summed E-state index contributed by atoms with van der Waals surface area (Å²) in [5.41, 5.74) is 5.07. The molecular weight excluding hydrogens is 374 g/mol. The zero-order valence-corrected chi connectivity index (χ0v) is 18.4. The first kappa shape index (κ1) is 20.6. The molecule has 2 aromatic carbocycles. The molecule has 2 aromatic rings. The summed E-state index contributed by atoms with van der Waals surface area (Å²) in [7, 11) is 2.02. The zero-order valence-electron chi connectivity index (χ0n) is 18.4. The van der Waals surface area contributed by atoms with Gasteiger partial charge in [0, 0.05) is 5.56 Å². The molecule has 5 nitrogen and oxygen atoms in total. The van der Waals surface area contributed by atoms with E-state index in [0.717, 1.165) is 36.3 Å². The van der Waals surface area contributed by atoms with Gasteiger partial charge in [-0.15, -0.1) is 0 Å². The van der Waals surface area contributed by atoms with Crippen LogP contribution in [-0.4, -0.2) is 30.6 Å². The Morgan fingerprint density at radius 3 is 2.47 bits per heavy atom. The molecule has 0 spiro atoms. The third-order valence-electron chi connectivity index (χ3n) is 6.53. The Balaban J connectivity index is 1.46. The Hall–Kier alpha value is -2.66. The lowest BCUT2D eigenvalue weighted by molar-refractivity contribution is -0.901. The van der Waals surface area contributed by atoms with Crippen molar-refractivity contribution in [3.05, 3.63) is 70.3 Å². The number of quaternary nitrogens is 1. The number of aryl methyl sites for hydroxylation is 2. The van der Waals surface area contributed by atoms with Gasteiger partial charge in [-0.05, 0) is 54.4 Å². The highest BCUT2D eigenvalue weighted by Gasteiger charge is 2.50. The number of carbonyl (C=O) groups excluding carboxylic acids is 2. The van der Waals surface area contributed by atoms with Crippen LogP contribution in [0.5, 0.6) is 0 Å². The van der Waals surface area contributed by atoms with Crippen molar-refractivity contribution in [3.8, 4) is 0 Å². The van der Waals surface area contributed by atoms with E-state index in [-0.39, 0.29) is 11.9 Å². The Bertz CT molecular complexity index is 967. The first-order valence-corrected chi connectivity index (χ1v) is 10.9. The van der Waals surface area contributed by atoms with Crippen LogP contribution in [0.25, 0.3) is 0 Å². The van der Waals surface area contributed by atoms with Crippen LogP contribution >= 0.6 is 0 Å². The molecule has 0 radical (unpaired) electrons. The molecule has 1 saturated heterocycles. The normalized spacial score (nSPS) is 21.8. The van der Waals surface area contributed by atoms with Crippen LogP contribution in [0.4, 0.5) is 4.79 Å². The fourth-order valence-electron chi connectivity index (χ4n) is 4.61. The minimum Gasteiger partial charge on any atom is -0.319 e. The Morgan fingerprint density at radius 2 is 1.77 bits per heavy atom. The van der Waals surface area contributed by atoms with Crippen LogP contribution in [-0.2, 0) is 29.7 Å². The summed E-state index contributed by atoms with van der Waals surface area (Å²) in [4.78, 5) is 28.4. The third-order valence-corrected chi connectivity index (χ3v) is 6.53. The van der Waals surface area contributed by atoms with E-state index >= 15 is 0 Å². The first-order valence-electron chi connectivity index (χ1n) is 10.9. The number of benzene rings is 2. The highest BCUT2D eigenvalue weighted by molar-refractivity contribution is 6.07. The summed E-state index contributed by atoms with van der Waals surface area (Å²) in [6.45, 7) is 7.29. The van der Waals surface area contributed by atoms with Gasteiger partial charge in [0.05, 0.1) is 7.05 Å². The van der Waals surface area contributed by atoms with Gasteiger partial charge in [-0.2, -0.15) is 0 Å². The van der Waals surface area contributed by atoms with Gasteiger partial charge in [0.25, 0.3) is 5.91 Å². The third kappa shape index (κ3) is 3.74. The lowest BCUT2D eigenvalue weighted by Crippen LogP contribution is -3.09. The van der Waals surface area contributed by atoms with Crippen molar-refractivity contribution >= 4 is 11.9 Å². The maximum Gasteiger partial charge on any atom is 0.329 e. The lowest BCUT2D eigenvalue weighted by Gasteiger charge is -2.24. The van der Waals surface area contributed by atoms with Crippen molar-refractivity contribution in [2.75, 3.05) is 13.7 Å². The summed E-state index contributed by atoms with van der Waals surface area (Å²) in [6, 6.07) is 14.5. The lowest BCUT2D eigenvalue weighted by atomic mass is 9.90. The average Bonchev–Trinajstić information content (AvgIpc) is 3.27. The van der Waals surface area contributed by atoms with E-state index in [1.165, 1.54) is 27.2 Å². The molecular formula is C25H32N3O2+. The number of nitrogens with zero attached hydrogens (tertiary/aromatic N) is 1. The summed E-state index contributed by atoms with van der Waals surface area (Å²) in [5.74, 6) is 0.340. The zero-order chi connectivity index (χ0) is 21.5. The van der Waals surface area contributed by atoms with Gasteiger partial charge in [0.1, 0.15) is 12.1 Å². The van der Waals surface area contributed by atoms with Gasteiger partial charge in [-0.25, -0.2) is 9.69 Å². The number of carbonyl (C=O) groups is 2. The van der Waals surface area contributed by atoms with Gasteiger partial charge in [-0.3, -0.25) is 4.79 Å². The molecule has 1 fully saturated rings. The van der Waals surface area contributed by atoms with E-state index in [0.29, 0.717) is 12.6 Å². The van der Waals surface area contributed by atoms with Crippen molar-refractivity contribution < 1.29 is 14.5 Å². The Labute approximate surface area is 179 Å². The van der Waals surface area contributed by atoms with Crippen molar-refractivity contribution in [1.82, 2.24) is 10.2 Å². The number of imide groups is 1. The van der Waals surface area contributed by atoms with Crippen molar-refractivity contribution in [3.63, 3.8) is 0 Å². The molecule has 0 aromatic heterocycles. The van der Waals surface area contributed by atoms with E-state index in [2.05, 4.69) is 55.6 Å². The summed E-state index contributed by atoms with van der Waals surface area (Å²) < 4.78 is 0. The molecule has 158 valence electrons. The summed E-state index contributed by atoms with van der Waals surface area (Å²) >= 11 is 0. The SMILES string of the molecule is CC(C)c1ccc(C[NH+](C)CN2C(=O)N[C@@](C)(c3ccc4c(c3)CCC4)C2=O)cc1. The monoisotopic (exact) mass is 406 g/mol. The fraction of sp³-hybridized carbons (Fsp3) is 0.440. The molecule has 1 aliphatic heterocycles. The van der Waals surface area contributed by atoms with Crippen molar-refractivity contribution in [2.45, 2.75) is 58.0 Å². The summed E-state index contributed by atoms with van der Waals surface area (Å²) in [6.07, 6.45) is 3.31. The Kier molecular flexibility index (Phi) is 5.41. The molecule has 3 amide bonds. The van der Waals surface area contributed by atoms with Crippen LogP contribution in [0, 0.1) is 0 Å². The fourth-order valence-corrected chi connectivity index (χ4v) is 4.61. The van der Waals surface area contributed by atoms with E-state index in [4.69, 9.17) is 0 Å². The number of fused-ring (bicyclic) bond motifs is 1. The molecule has 5 heteroatoms. The molecule has 1 heterocycles. The molecule has 0 saturated carbocycles. The topological polar surface area (TPSA) is 53.9 Å². The molecule has 2 N–H and O–H groups in total. The highest BCUT2D eigenvalue weighted by Crippen LogP contribution is 2.32. The molecule has 2 atom stereocenters. The molecule has 30 heavy (non-hydrogen) atoms. The average molecular weight is 407 g/mol. The standard InChI is InChI=1S/C25H31N3O2/c1-17(2)19-10-8-18(9-11-19)15-27(4)16-28-23(29)25(3,26-24(28)30)22-13-12-20-6-5-7-21(20)14-22/h8-14,17H,5-7,15-16H2,1-4H3,(H,26,30)/p+1/t25-/m0/s1. The number of rotatable bonds is 6. The van der Waals surface area contributed by atoms with Crippen LogP contribution in [0.15, 0.2) is 42.5 Å². The number of hydrogen-bond donors (Lipinski definition) is 2. The molecule has 0 bridgehead atoms. The predicted molar refractivity (Wildman–Crippen MR) is 117 cm³/mol. The second-order valence-electron chi connectivity index (χ2n) is 9.31. The quantitative estimate of drug-likeness (QED) is 0.725. The van der Waals surface area contributed by atoms with E-state index < -0.39 is 5.54 Å². The van der Waals surface area contributed by atoms with Gasteiger partial charge in [0.2, 0.25) is 0 Å². The smallest absolute Gasteiger partial charge is 0.319 e. The maximum atomic E-state index is 13.3. The van der Waals surface area contributed by atoms with Crippen LogP contribution in [0.3, 0.4) is 0 Å². The number of nitrogens with one attached hydrogen (secondary N) is 2. The van der Waals surface area contributed by atoms with Crippen molar-refractivity contribution in [1.29, 1.82) is 0 Å². The largest absolute Gasteiger partial charge is 0.329 e. The second kappa shape index (κ2) is 7.88. The maximum absolute atomic E-state index is 13.3. The minimum absolute atomic E-state index is 0.167. The van der Waals surface area contributed by atoms with E-state index in [1.807, 2.05) is 20.0 Å². The first-order chi connectivity index (χ1) is 14.3. The van der Waals surface area contributed by atoms with Gasteiger partial charge < -0.3 is 10.2 Å². The highest BCUT2D eigenvalue weighted by atomic mass is 16.2. The minimum atomic E-state index is -0.992. The number of urea groups is 1. The van der Waals surface area contributed by atoms with E-state index in [9.17, 15) is 9.59 Å². The second-order valence-corrected chi connectivity index (χ2v) is 9.31. The van der Waals surface area contributed by atoms with Crippen LogP contribution in [0.2, 0.25) is 0 Å². The van der Waals surface area contributed by atoms with Crippen LogP contribution < -0.4 is 10.2 Å². The number of amides is 3. The van der Waals surface area contributed by atoms with Gasteiger partial charge in [-0.1, -0.05) is 56.3 Å². The summed E-state index contributed by atoms with van der Waals surface area (Å²) in [5, 5.41) is 2.95. The van der Waals surface area contributed by atoms with Crippen LogP contribution in [0.1, 0.15) is 60.9 Å². The molecule has 1 unspecified atom stereocenters. The number of hydrogen-bond acceptors (Lipinski definition) is 2. The van der Waals surface area contributed by atoms with Crippen molar-refractivity contribution in [2.24, 2.45) is 0 Å². The van der Waals surface area contributed by atoms with E-state index in [1.54, 1.807) is 0 Å². The molecule has 2 aliphatic rings. The Morgan fingerprint density at radius 1 is 1.07 bits per heavy atom. The van der Waals surface area contributed by atoms with Gasteiger partial charge >= 0.3 is 6.03 Å². The molecule has 4 rings (SSSR count). The molecule has 1 aliphatic carbocycles. The van der Waals surface area contributed by atoms with Gasteiger partial charge in [0.15, 0.2) is 6.67 Å². The predicted octanol–water partition coefficient (Wildman–Crippen LogP) is 2.74.